The van der Waals surface area contributed by atoms with E-state index in [2.05, 4.69) is 0 Å². The third kappa shape index (κ3) is 4.52. The van der Waals surface area contributed by atoms with Gasteiger partial charge in [-0.1, -0.05) is 19.4 Å². The van der Waals surface area contributed by atoms with E-state index in [-0.39, 0.29) is 11.7 Å². The van der Waals surface area contributed by atoms with E-state index in [1.54, 1.807) is 12.0 Å². The molecule has 0 unspecified atom stereocenters. The summed E-state index contributed by atoms with van der Waals surface area (Å²) in [6.07, 6.45) is 1.52. The molecule has 1 fully saturated rings. The van der Waals surface area contributed by atoms with Crippen molar-refractivity contribution in [3.63, 3.8) is 0 Å². The number of sulfonamides is 1. The monoisotopic (exact) mass is 368 g/mol. The van der Waals surface area contributed by atoms with E-state index in [1.807, 2.05) is 32.9 Å². The van der Waals surface area contributed by atoms with Crippen molar-refractivity contribution in [2.45, 2.75) is 33.6 Å². The summed E-state index contributed by atoms with van der Waals surface area (Å²) in [7, 11) is -1.65. The van der Waals surface area contributed by atoms with E-state index >= 15 is 0 Å². The van der Waals surface area contributed by atoms with Crippen molar-refractivity contribution in [2.75, 3.05) is 39.0 Å². The van der Waals surface area contributed by atoms with Gasteiger partial charge in [0.25, 0.3) is 5.91 Å². The molecule has 1 aliphatic heterocycles. The molecule has 25 heavy (non-hydrogen) atoms. The van der Waals surface area contributed by atoms with Gasteiger partial charge in [-0.05, 0) is 37.5 Å². The molecule has 0 aliphatic carbocycles. The van der Waals surface area contributed by atoms with Gasteiger partial charge in [-0.25, -0.2) is 8.42 Å². The average molecular weight is 368 g/mol. The first kappa shape index (κ1) is 19.7. The number of unbranched alkanes of at least 4 members (excludes halogenated alkanes) is 1. The number of benzene rings is 1. The Morgan fingerprint density at radius 1 is 1.16 bits per heavy atom. The number of carbonyl (C=O) groups is 1. The van der Waals surface area contributed by atoms with E-state index in [1.165, 1.54) is 4.31 Å². The van der Waals surface area contributed by atoms with Crippen molar-refractivity contribution < 1.29 is 17.9 Å². The maximum absolute atomic E-state index is 12.9. The number of piperazine rings is 1. The molecule has 0 aromatic heterocycles. The first-order chi connectivity index (χ1) is 11.8. The fourth-order valence-electron chi connectivity index (χ4n) is 3.18. The number of carbonyl (C=O) groups excluding carboxylic acids is 1. The molecule has 0 radical (unpaired) electrons. The van der Waals surface area contributed by atoms with E-state index in [0.29, 0.717) is 43.9 Å². The minimum absolute atomic E-state index is 0.103. The average Bonchev–Trinajstić information content (AvgIpc) is 2.59. The number of hydrogen-bond acceptors (Lipinski definition) is 4. The number of methoxy groups -OCH3 is 1. The minimum atomic E-state index is -3.21. The van der Waals surface area contributed by atoms with Crippen molar-refractivity contribution in [1.29, 1.82) is 0 Å². The zero-order chi connectivity index (χ0) is 18.6. The third-order valence-electron chi connectivity index (χ3n) is 4.53. The Hall–Kier alpha value is -1.60. The fourth-order valence-corrected chi connectivity index (χ4v) is 4.81. The lowest BCUT2D eigenvalue weighted by atomic mass is 10.0. The van der Waals surface area contributed by atoms with Crippen molar-refractivity contribution >= 4 is 15.9 Å². The molecule has 0 N–H and O–H groups in total. The molecule has 6 nitrogen and oxygen atoms in total. The zero-order valence-corrected chi connectivity index (χ0v) is 16.4. The van der Waals surface area contributed by atoms with Crippen LogP contribution in [0.5, 0.6) is 5.75 Å². The normalized spacial score (nSPS) is 16.1. The Morgan fingerprint density at radius 3 is 2.36 bits per heavy atom. The molecule has 1 saturated heterocycles. The Balaban J connectivity index is 2.10. The van der Waals surface area contributed by atoms with Gasteiger partial charge in [-0.15, -0.1) is 0 Å². The van der Waals surface area contributed by atoms with Gasteiger partial charge in [-0.3, -0.25) is 4.79 Å². The maximum atomic E-state index is 12.9. The second kappa shape index (κ2) is 8.19. The molecule has 0 atom stereocenters. The topological polar surface area (TPSA) is 66.9 Å². The number of rotatable bonds is 6. The first-order valence-corrected chi connectivity index (χ1v) is 10.3. The van der Waals surface area contributed by atoms with Crippen molar-refractivity contribution in [3.8, 4) is 5.75 Å². The second-order valence-corrected chi connectivity index (χ2v) is 8.61. The van der Waals surface area contributed by atoms with Crippen LogP contribution in [0.3, 0.4) is 0 Å². The minimum Gasteiger partial charge on any atom is -0.496 e. The summed E-state index contributed by atoms with van der Waals surface area (Å²) in [6, 6.07) is 3.81. The van der Waals surface area contributed by atoms with Crippen LogP contribution >= 0.6 is 0 Å². The Morgan fingerprint density at radius 2 is 1.80 bits per heavy atom. The number of amides is 1. The quantitative estimate of drug-likeness (QED) is 0.772. The molecule has 1 heterocycles. The molecule has 1 aliphatic rings. The second-order valence-electron chi connectivity index (χ2n) is 6.52. The van der Waals surface area contributed by atoms with Gasteiger partial charge in [0, 0.05) is 26.2 Å². The van der Waals surface area contributed by atoms with Gasteiger partial charge in [-0.2, -0.15) is 4.31 Å². The van der Waals surface area contributed by atoms with Gasteiger partial charge in [0.1, 0.15) is 5.75 Å². The van der Waals surface area contributed by atoms with E-state index in [0.717, 1.165) is 17.5 Å². The van der Waals surface area contributed by atoms with Gasteiger partial charge >= 0.3 is 0 Å². The summed E-state index contributed by atoms with van der Waals surface area (Å²) in [4.78, 5) is 14.6. The zero-order valence-electron chi connectivity index (χ0n) is 15.5. The molecule has 1 aromatic carbocycles. The van der Waals surface area contributed by atoms with Crippen LogP contribution in [0, 0.1) is 13.8 Å². The highest BCUT2D eigenvalue weighted by atomic mass is 32.2. The fraction of sp³-hybridized carbons (Fsp3) is 0.611. The molecular weight excluding hydrogens is 340 g/mol. The summed E-state index contributed by atoms with van der Waals surface area (Å²) in [5.74, 6) is 0.672. The lowest BCUT2D eigenvalue weighted by molar-refractivity contribution is 0.0694. The number of aryl methyl sites for hydroxylation is 2. The largest absolute Gasteiger partial charge is 0.496 e. The van der Waals surface area contributed by atoms with Crippen molar-refractivity contribution in [1.82, 2.24) is 9.21 Å². The molecule has 0 spiro atoms. The predicted octanol–water partition coefficient (Wildman–Crippen LogP) is 2.20. The highest BCUT2D eigenvalue weighted by Crippen LogP contribution is 2.27. The molecular formula is C18H28N2O4S. The molecule has 7 heteroatoms. The molecule has 2 rings (SSSR count). The first-order valence-electron chi connectivity index (χ1n) is 8.72. The van der Waals surface area contributed by atoms with Crippen molar-refractivity contribution in [3.05, 3.63) is 28.8 Å². The Labute approximate surface area is 150 Å². The van der Waals surface area contributed by atoms with Gasteiger partial charge in [0.15, 0.2) is 0 Å². The number of nitrogens with zero attached hydrogens (tertiary/aromatic N) is 2. The van der Waals surface area contributed by atoms with E-state index in [9.17, 15) is 13.2 Å². The summed E-state index contributed by atoms with van der Waals surface area (Å²) in [5.41, 5.74) is 2.47. The van der Waals surface area contributed by atoms with Gasteiger partial charge in [0.2, 0.25) is 10.0 Å². The van der Waals surface area contributed by atoms with Gasteiger partial charge < -0.3 is 9.64 Å². The molecule has 140 valence electrons. The molecule has 0 bridgehead atoms. The van der Waals surface area contributed by atoms with Crippen LogP contribution in [0.1, 0.15) is 41.3 Å². The number of hydrogen-bond donors (Lipinski definition) is 0. The lowest BCUT2D eigenvalue weighted by Crippen LogP contribution is -2.51. The lowest BCUT2D eigenvalue weighted by Gasteiger charge is -2.34. The summed E-state index contributed by atoms with van der Waals surface area (Å²) >= 11 is 0. The SMILES string of the molecule is CCCCS(=O)(=O)N1CCN(C(=O)c2cc(C)cc(C)c2OC)CC1. The van der Waals surface area contributed by atoms with Crippen LogP contribution in [0.4, 0.5) is 0 Å². The van der Waals surface area contributed by atoms with Crippen LogP contribution in [0.25, 0.3) is 0 Å². The van der Waals surface area contributed by atoms with Gasteiger partial charge in [0.05, 0.1) is 18.4 Å². The highest BCUT2D eigenvalue weighted by Gasteiger charge is 2.30. The molecule has 1 aromatic rings. The van der Waals surface area contributed by atoms with E-state index < -0.39 is 10.0 Å². The Kier molecular flexibility index (Phi) is 6.46. The molecule has 1 amide bonds. The van der Waals surface area contributed by atoms with Crippen LogP contribution in [0.2, 0.25) is 0 Å². The standard InChI is InChI=1S/C18H28N2O4S/c1-5-6-11-25(22,23)20-9-7-19(8-10-20)18(21)16-13-14(2)12-15(3)17(16)24-4/h12-13H,5-11H2,1-4H3. The summed E-state index contributed by atoms with van der Waals surface area (Å²) < 4.78 is 31.5. The maximum Gasteiger partial charge on any atom is 0.257 e. The third-order valence-corrected chi connectivity index (χ3v) is 6.49. The highest BCUT2D eigenvalue weighted by molar-refractivity contribution is 7.89. The summed E-state index contributed by atoms with van der Waals surface area (Å²) in [5, 5.41) is 0. The van der Waals surface area contributed by atoms with Crippen LogP contribution in [-0.2, 0) is 10.0 Å². The van der Waals surface area contributed by atoms with Crippen molar-refractivity contribution in [2.24, 2.45) is 0 Å². The van der Waals surface area contributed by atoms with Crippen LogP contribution in [-0.4, -0.2) is 62.6 Å². The van der Waals surface area contributed by atoms with E-state index in [4.69, 9.17) is 4.74 Å². The Bertz CT molecular complexity index is 723. The smallest absolute Gasteiger partial charge is 0.257 e. The molecule has 0 saturated carbocycles. The predicted molar refractivity (Wildman–Crippen MR) is 98.6 cm³/mol. The van der Waals surface area contributed by atoms with Crippen LogP contribution in [0.15, 0.2) is 12.1 Å². The summed E-state index contributed by atoms with van der Waals surface area (Å²) in [6.45, 7) is 7.35. The number of ether oxygens (including phenoxy) is 1. The van der Waals surface area contributed by atoms with Crippen LogP contribution < -0.4 is 4.74 Å².